The van der Waals surface area contributed by atoms with E-state index < -0.39 is 6.10 Å². The first-order chi connectivity index (χ1) is 10.1. The molecule has 0 aliphatic heterocycles. The molecule has 21 heavy (non-hydrogen) atoms. The minimum absolute atomic E-state index is 0.218. The Bertz CT molecular complexity index is 630. The number of para-hydroxylation sites is 1. The highest BCUT2D eigenvalue weighted by Crippen LogP contribution is 2.25. The van der Waals surface area contributed by atoms with E-state index in [2.05, 4.69) is 24.0 Å². The SMILES string of the molecule is C=NC1=C(C(=O)Nc2c(C)cccc2CC)C=CC(O)C1. The van der Waals surface area contributed by atoms with Gasteiger partial charge in [0, 0.05) is 12.1 Å². The number of nitrogens with zero attached hydrogens (tertiary/aromatic N) is 1. The van der Waals surface area contributed by atoms with Gasteiger partial charge in [-0.1, -0.05) is 31.2 Å². The van der Waals surface area contributed by atoms with Crippen LogP contribution in [0.3, 0.4) is 0 Å². The van der Waals surface area contributed by atoms with Crippen molar-refractivity contribution < 1.29 is 9.90 Å². The van der Waals surface area contributed by atoms with E-state index >= 15 is 0 Å². The third kappa shape index (κ3) is 3.28. The fraction of sp³-hybridized carbons (Fsp3) is 0.294. The molecular formula is C17H20N2O2. The molecule has 0 fully saturated rings. The zero-order valence-corrected chi connectivity index (χ0v) is 12.4. The molecular weight excluding hydrogens is 264 g/mol. The summed E-state index contributed by atoms with van der Waals surface area (Å²) in [7, 11) is 0. The summed E-state index contributed by atoms with van der Waals surface area (Å²) >= 11 is 0. The number of amides is 1. The van der Waals surface area contributed by atoms with Gasteiger partial charge >= 0.3 is 0 Å². The van der Waals surface area contributed by atoms with Gasteiger partial charge in [-0.3, -0.25) is 9.79 Å². The van der Waals surface area contributed by atoms with Gasteiger partial charge in [-0.25, -0.2) is 0 Å². The predicted octanol–water partition coefficient (Wildman–Crippen LogP) is 2.77. The summed E-state index contributed by atoms with van der Waals surface area (Å²) in [5, 5.41) is 12.5. The van der Waals surface area contributed by atoms with E-state index in [0.717, 1.165) is 23.2 Å². The number of aliphatic hydroxyl groups excluding tert-OH is 1. The molecule has 4 heteroatoms. The Labute approximate surface area is 124 Å². The molecule has 1 aromatic carbocycles. The summed E-state index contributed by atoms with van der Waals surface area (Å²) < 4.78 is 0. The van der Waals surface area contributed by atoms with Gasteiger partial charge in [0.05, 0.1) is 17.4 Å². The van der Waals surface area contributed by atoms with Crippen LogP contribution in [0.4, 0.5) is 5.69 Å². The Morgan fingerprint density at radius 3 is 2.95 bits per heavy atom. The molecule has 0 spiro atoms. The lowest BCUT2D eigenvalue weighted by atomic mass is 10.00. The van der Waals surface area contributed by atoms with Gasteiger partial charge in [-0.05, 0) is 37.3 Å². The van der Waals surface area contributed by atoms with E-state index in [1.807, 2.05) is 25.1 Å². The van der Waals surface area contributed by atoms with Crippen molar-refractivity contribution in [3.63, 3.8) is 0 Å². The van der Waals surface area contributed by atoms with Crippen LogP contribution in [-0.2, 0) is 11.2 Å². The van der Waals surface area contributed by atoms with E-state index in [1.54, 1.807) is 12.2 Å². The summed E-state index contributed by atoms with van der Waals surface area (Å²) in [6, 6.07) is 5.96. The maximum Gasteiger partial charge on any atom is 0.257 e. The fourth-order valence-corrected chi connectivity index (χ4v) is 2.42. The molecule has 4 nitrogen and oxygen atoms in total. The normalized spacial score (nSPS) is 17.8. The number of aryl methyl sites for hydroxylation is 2. The number of nitrogens with one attached hydrogen (secondary N) is 1. The number of anilines is 1. The number of aliphatic imine (C=N–C) groups is 1. The van der Waals surface area contributed by atoms with Gasteiger partial charge in [-0.2, -0.15) is 0 Å². The number of carbonyl (C=O) groups is 1. The largest absolute Gasteiger partial charge is 0.389 e. The number of hydrogen-bond acceptors (Lipinski definition) is 3. The number of aliphatic hydroxyl groups is 1. The third-order valence-corrected chi connectivity index (χ3v) is 3.61. The minimum Gasteiger partial charge on any atom is -0.389 e. The topological polar surface area (TPSA) is 61.7 Å². The summed E-state index contributed by atoms with van der Waals surface area (Å²) in [5.74, 6) is -0.218. The first-order valence-electron chi connectivity index (χ1n) is 7.02. The maximum atomic E-state index is 12.5. The molecule has 0 aromatic heterocycles. The van der Waals surface area contributed by atoms with Crippen molar-refractivity contribution in [2.24, 2.45) is 4.99 Å². The second-order valence-electron chi connectivity index (χ2n) is 5.07. The Morgan fingerprint density at radius 2 is 2.29 bits per heavy atom. The average Bonchev–Trinajstić information content (AvgIpc) is 2.48. The fourth-order valence-electron chi connectivity index (χ4n) is 2.42. The molecule has 1 aliphatic carbocycles. The second kappa shape index (κ2) is 6.50. The van der Waals surface area contributed by atoms with Crippen LogP contribution >= 0.6 is 0 Å². The van der Waals surface area contributed by atoms with Crippen LogP contribution in [0.2, 0.25) is 0 Å². The number of rotatable bonds is 4. The first-order valence-corrected chi connectivity index (χ1v) is 7.02. The van der Waals surface area contributed by atoms with Gasteiger partial charge in [-0.15, -0.1) is 0 Å². The molecule has 1 aliphatic rings. The van der Waals surface area contributed by atoms with E-state index in [1.165, 1.54) is 0 Å². The summed E-state index contributed by atoms with van der Waals surface area (Å²) in [6.45, 7) is 7.50. The quantitative estimate of drug-likeness (QED) is 0.835. The number of hydrogen-bond donors (Lipinski definition) is 2. The molecule has 110 valence electrons. The number of benzene rings is 1. The van der Waals surface area contributed by atoms with Crippen molar-refractivity contribution in [2.45, 2.75) is 32.8 Å². The standard InChI is InChI=1S/C17H20N2O2/c1-4-12-7-5-6-11(2)16(12)19-17(21)14-9-8-13(20)10-15(14)18-3/h5-9,13,20H,3-4,10H2,1-2H3,(H,19,21). The summed E-state index contributed by atoms with van der Waals surface area (Å²) in [6.07, 6.45) is 3.76. The summed E-state index contributed by atoms with van der Waals surface area (Å²) in [5.41, 5.74) is 3.95. The van der Waals surface area contributed by atoms with Crippen molar-refractivity contribution in [2.75, 3.05) is 5.32 Å². The lowest BCUT2D eigenvalue weighted by Crippen LogP contribution is -2.20. The molecule has 1 aromatic rings. The highest BCUT2D eigenvalue weighted by molar-refractivity contribution is 6.07. The maximum absolute atomic E-state index is 12.5. The van der Waals surface area contributed by atoms with E-state index in [4.69, 9.17) is 0 Å². The molecule has 2 N–H and O–H groups in total. The molecule has 0 radical (unpaired) electrons. The highest BCUT2D eigenvalue weighted by atomic mass is 16.3. The lowest BCUT2D eigenvalue weighted by molar-refractivity contribution is -0.112. The van der Waals surface area contributed by atoms with Gasteiger partial charge in [0.25, 0.3) is 5.91 Å². The first kappa shape index (κ1) is 15.2. The molecule has 2 rings (SSSR count). The van der Waals surface area contributed by atoms with Gasteiger partial charge in [0.15, 0.2) is 0 Å². The molecule has 0 heterocycles. The van der Waals surface area contributed by atoms with Crippen molar-refractivity contribution in [1.29, 1.82) is 0 Å². The van der Waals surface area contributed by atoms with Crippen LogP contribution in [0.5, 0.6) is 0 Å². The van der Waals surface area contributed by atoms with Gasteiger partial charge < -0.3 is 10.4 Å². The Kier molecular flexibility index (Phi) is 4.70. The second-order valence-corrected chi connectivity index (χ2v) is 5.07. The smallest absolute Gasteiger partial charge is 0.257 e. The van der Waals surface area contributed by atoms with Crippen molar-refractivity contribution in [3.05, 3.63) is 52.7 Å². The molecule has 1 atom stereocenters. The van der Waals surface area contributed by atoms with Crippen LogP contribution in [0.15, 0.2) is 46.6 Å². The van der Waals surface area contributed by atoms with Crippen LogP contribution in [0.25, 0.3) is 0 Å². The number of carbonyl (C=O) groups excluding carboxylic acids is 1. The van der Waals surface area contributed by atoms with E-state index in [0.29, 0.717) is 17.7 Å². The van der Waals surface area contributed by atoms with Gasteiger partial charge in [0.2, 0.25) is 0 Å². The molecule has 0 saturated carbocycles. The van der Waals surface area contributed by atoms with E-state index in [9.17, 15) is 9.90 Å². The third-order valence-electron chi connectivity index (χ3n) is 3.61. The Morgan fingerprint density at radius 1 is 1.52 bits per heavy atom. The van der Waals surface area contributed by atoms with Crippen molar-refractivity contribution in [3.8, 4) is 0 Å². The summed E-state index contributed by atoms with van der Waals surface area (Å²) in [4.78, 5) is 16.3. The van der Waals surface area contributed by atoms with Gasteiger partial charge in [0.1, 0.15) is 0 Å². The molecule has 1 unspecified atom stereocenters. The lowest BCUT2D eigenvalue weighted by Gasteiger charge is -2.18. The van der Waals surface area contributed by atoms with E-state index in [-0.39, 0.29) is 5.91 Å². The zero-order valence-electron chi connectivity index (χ0n) is 12.4. The van der Waals surface area contributed by atoms with Crippen LogP contribution in [0, 0.1) is 6.92 Å². The van der Waals surface area contributed by atoms with Crippen LogP contribution in [0.1, 0.15) is 24.5 Å². The van der Waals surface area contributed by atoms with Crippen molar-refractivity contribution >= 4 is 18.3 Å². The van der Waals surface area contributed by atoms with Crippen molar-refractivity contribution in [1.82, 2.24) is 0 Å². The monoisotopic (exact) mass is 284 g/mol. The molecule has 1 amide bonds. The Hall–Kier alpha value is -2.20. The minimum atomic E-state index is -0.605. The molecule has 0 saturated heterocycles. The zero-order chi connectivity index (χ0) is 15.4. The van der Waals surface area contributed by atoms with Crippen LogP contribution < -0.4 is 5.32 Å². The average molecular weight is 284 g/mol. The van der Waals surface area contributed by atoms with Crippen LogP contribution in [-0.4, -0.2) is 23.8 Å². The molecule has 0 bridgehead atoms. The highest BCUT2D eigenvalue weighted by Gasteiger charge is 2.20. The Balaban J connectivity index is 2.31. The predicted molar refractivity (Wildman–Crippen MR) is 85.5 cm³/mol.